The first kappa shape index (κ1) is 23.6. The maximum absolute atomic E-state index is 12.6. The van der Waals surface area contributed by atoms with E-state index in [0.717, 1.165) is 22.4 Å². The van der Waals surface area contributed by atoms with Crippen molar-refractivity contribution in [3.63, 3.8) is 0 Å². The van der Waals surface area contributed by atoms with Gasteiger partial charge >= 0.3 is 5.97 Å². The maximum atomic E-state index is 12.6. The Morgan fingerprint density at radius 1 is 1.08 bits per heavy atom. The Labute approximate surface area is 207 Å². The average molecular weight is 486 g/mol. The third-order valence-corrected chi connectivity index (χ3v) is 7.29. The summed E-state index contributed by atoms with van der Waals surface area (Å²) < 4.78 is 1.47. The van der Waals surface area contributed by atoms with Crippen molar-refractivity contribution in [1.29, 1.82) is 0 Å². The van der Waals surface area contributed by atoms with Crippen molar-refractivity contribution in [3.8, 4) is 22.4 Å². The smallest absolute Gasteiger partial charge is 0.311 e. The summed E-state index contributed by atoms with van der Waals surface area (Å²) in [5, 5.41) is 23.8. The number of pyridine rings is 1. The molecule has 0 radical (unpaired) electrons. The van der Waals surface area contributed by atoms with Crippen LogP contribution in [0, 0.1) is 5.41 Å². The number of rotatable bonds is 6. The summed E-state index contributed by atoms with van der Waals surface area (Å²) in [4.78, 5) is 33.9. The maximum Gasteiger partial charge on any atom is 0.311 e. The molecule has 0 saturated heterocycles. The van der Waals surface area contributed by atoms with Crippen LogP contribution in [0.3, 0.4) is 0 Å². The minimum absolute atomic E-state index is 0.156. The lowest BCUT2D eigenvalue weighted by molar-refractivity contribution is -0.154. The summed E-state index contributed by atoms with van der Waals surface area (Å²) in [6, 6.07) is 13.8. The van der Waals surface area contributed by atoms with Gasteiger partial charge in [0.2, 0.25) is 0 Å². The lowest BCUT2D eigenvalue weighted by Crippen LogP contribution is -2.38. The van der Waals surface area contributed by atoms with Gasteiger partial charge < -0.3 is 15.9 Å². The van der Waals surface area contributed by atoms with Crippen molar-refractivity contribution >= 4 is 23.2 Å². The molecule has 5 rings (SSSR count). The number of nitrogens with two attached hydrogens (primary N) is 1. The van der Waals surface area contributed by atoms with Crippen LogP contribution >= 0.6 is 0 Å². The molecule has 0 unspecified atom stereocenters. The van der Waals surface area contributed by atoms with E-state index in [1.165, 1.54) is 11.4 Å². The number of aliphatic hydroxyl groups excluding tert-OH is 1. The van der Waals surface area contributed by atoms with Crippen LogP contribution in [-0.4, -0.2) is 48.2 Å². The fraction of sp³-hybridized carbons (Fsp3) is 0.296. The molecule has 0 spiro atoms. The van der Waals surface area contributed by atoms with E-state index in [1.807, 2.05) is 42.5 Å². The predicted octanol–water partition coefficient (Wildman–Crippen LogP) is 3.96. The SMILES string of the molecule is CC(=O)c1c(C2CCC(CO)(C(=O)O)CC2)nc2c(-c3ccc(-c4ccccc4)nc3)cnn2c1N. The van der Waals surface area contributed by atoms with Gasteiger partial charge in [-0.1, -0.05) is 36.4 Å². The number of nitrogen functional groups attached to an aromatic ring is 1. The molecule has 9 heteroatoms. The first-order valence-corrected chi connectivity index (χ1v) is 11.9. The molecule has 184 valence electrons. The van der Waals surface area contributed by atoms with E-state index in [9.17, 15) is 19.8 Å². The monoisotopic (exact) mass is 485 g/mol. The normalized spacial score (nSPS) is 19.9. The summed E-state index contributed by atoms with van der Waals surface area (Å²) in [5.41, 5.74) is 10.1. The average Bonchev–Trinajstić information content (AvgIpc) is 3.33. The quantitative estimate of drug-likeness (QED) is 0.348. The molecular weight excluding hydrogens is 458 g/mol. The number of ketones is 1. The highest BCUT2D eigenvalue weighted by Crippen LogP contribution is 2.44. The Bertz CT molecular complexity index is 1440. The Morgan fingerprint density at radius 3 is 2.39 bits per heavy atom. The van der Waals surface area contributed by atoms with E-state index in [4.69, 9.17) is 10.7 Å². The summed E-state index contributed by atoms with van der Waals surface area (Å²) >= 11 is 0. The lowest BCUT2D eigenvalue weighted by atomic mass is 9.69. The first-order valence-electron chi connectivity index (χ1n) is 11.9. The van der Waals surface area contributed by atoms with E-state index >= 15 is 0 Å². The molecule has 1 aromatic carbocycles. The van der Waals surface area contributed by atoms with E-state index in [-0.39, 0.29) is 17.5 Å². The second kappa shape index (κ2) is 9.16. The number of aromatic nitrogens is 4. The van der Waals surface area contributed by atoms with Crippen LogP contribution in [-0.2, 0) is 4.79 Å². The summed E-state index contributed by atoms with van der Waals surface area (Å²) in [6.45, 7) is 1.03. The molecular formula is C27H27N5O4. The van der Waals surface area contributed by atoms with Gasteiger partial charge in [0.15, 0.2) is 11.4 Å². The molecule has 9 nitrogen and oxygen atoms in total. The second-order valence-corrected chi connectivity index (χ2v) is 9.42. The summed E-state index contributed by atoms with van der Waals surface area (Å²) in [6.07, 6.45) is 4.97. The van der Waals surface area contributed by atoms with Gasteiger partial charge in [-0.25, -0.2) is 4.98 Å². The number of fused-ring (bicyclic) bond motifs is 1. The fourth-order valence-corrected chi connectivity index (χ4v) is 5.11. The molecule has 1 saturated carbocycles. The van der Waals surface area contributed by atoms with Gasteiger partial charge in [-0.2, -0.15) is 9.61 Å². The Balaban J connectivity index is 1.55. The van der Waals surface area contributed by atoms with Crippen molar-refractivity contribution in [2.75, 3.05) is 12.3 Å². The lowest BCUT2D eigenvalue weighted by Gasteiger charge is -2.35. The third kappa shape index (κ3) is 3.91. The Kier molecular flexibility index (Phi) is 6.01. The van der Waals surface area contributed by atoms with Crippen molar-refractivity contribution in [2.24, 2.45) is 5.41 Å². The Morgan fingerprint density at radius 2 is 1.81 bits per heavy atom. The molecule has 3 aromatic heterocycles. The van der Waals surface area contributed by atoms with Gasteiger partial charge in [0.05, 0.1) is 35.2 Å². The highest BCUT2D eigenvalue weighted by Gasteiger charge is 2.43. The standard InChI is InChI=1S/C27H27N5O4/c1-16(34)22-23(18-9-11-27(15-33,12-10-18)26(35)36)31-25-20(14-30-32(25)24(22)28)19-7-8-21(29-13-19)17-5-3-2-4-6-17/h2-8,13-14,18,33H,9-12,15,28H2,1H3,(H,35,36). The van der Waals surface area contributed by atoms with Gasteiger partial charge in [0, 0.05) is 28.8 Å². The number of nitrogens with zero attached hydrogens (tertiary/aromatic N) is 4. The van der Waals surface area contributed by atoms with Gasteiger partial charge in [0.25, 0.3) is 0 Å². The minimum Gasteiger partial charge on any atom is -0.481 e. The van der Waals surface area contributed by atoms with Crippen molar-refractivity contribution in [1.82, 2.24) is 19.6 Å². The molecule has 0 bridgehead atoms. The van der Waals surface area contributed by atoms with Crippen LogP contribution in [0.25, 0.3) is 28.0 Å². The van der Waals surface area contributed by atoms with Crippen LogP contribution in [0.1, 0.15) is 54.6 Å². The van der Waals surface area contributed by atoms with E-state index < -0.39 is 18.0 Å². The zero-order chi connectivity index (χ0) is 25.4. The number of carboxylic acid groups (broad SMARTS) is 1. The number of anilines is 1. The van der Waals surface area contributed by atoms with Crippen LogP contribution in [0.5, 0.6) is 0 Å². The van der Waals surface area contributed by atoms with Crippen molar-refractivity contribution < 1.29 is 19.8 Å². The minimum atomic E-state index is -1.16. The molecule has 3 heterocycles. The van der Waals surface area contributed by atoms with Gasteiger partial charge in [0.1, 0.15) is 5.82 Å². The molecule has 0 amide bonds. The van der Waals surface area contributed by atoms with Crippen LogP contribution < -0.4 is 5.73 Å². The molecule has 1 aliphatic rings. The second-order valence-electron chi connectivity index (χ2n) is 9.42. The highest BCUT2D eigenvalue weighted by molar-refractivity contribution is 6.00. The fourth-order valence-electron chi connectivity index (χ4n) is 5.11. The van der Waals surface area contributed by atoms with Crippen LogP contribution in [0.15, 0.2) is 54.9 Å². The molecule has 36 heavy (non-hydrogen) atoms. The number of hydrogen-bond donors (Lipinski definition) is 3. The topological polar surface area (TPSA) is 144 Å². The number of aliphatic hydroxyl groups is 1. The summed E-state index contributed by atoms with van der Waals surface area (Å²) in [5.74, 6) is -1.17. The van der Waals surface area contributed by atoms with Crippen LogP contribution in [0.4, 0.5) is 5.82 Å². The number of carboxylic acids is 1. The van der Waals surface area contributed by atoms with Gasteiger partial charge in [-0.3, -0.25) is 14.6 Å². The molecule has 1 fully saturated rings. The number of aliphatic carboxylic acids is 1. The Hall–Kier alpha value is -4.11. The number of Topliss-reactive ketones (excluding diaryl/α,β-unsaturated/α-hetero) is 1. The highest BCUT2D eigenvalue weighted by atomic mass is 16.4. The molecule has 1 aliphatic carbocycles. The van der Waals surface area contributed by atoms with Gasteiger partial charge in [-0.05, 0) is 38.7 Å². The van der Waals surface area contributed by atoms with Crippen LogP contribution in [0.2, 0.25) is 0 Å². The largest absolute Gasteiger partial charge is 0.481 e. The van der Waals surface area contributed by atoms with Crippen molar-refractivity contribution in [2.45, 2.75) is 38.5 Å². The number of carbonyl (C=O) groups is 2. The molecule has 4 N–H and O–H groups in total. The zero-order valence-electron chi connectivity index (χ0n) is 19.9. The molecule has 0 aliphatic heterocycles. The molecule has 4 aromatic rings. The first-order chi connectivity index (χ1) is 17.3. The summed E-state index contributed by atoms with van der Waals surface area (Å²) in [7, 11) is 0. The van der Waals surface area contributed by atoms with E-state index in [1.54, 1.807) is 12.4 Å². The molecule has 0 atom stereocenters. The number of carbonyl (C=O) groups excluding carboxylic acids is 1. The van der Waals surface area contributed by atoms with E-state index in [2.05, 4.69) is 10.1 Å². The number of hydrogen-bond acceptors (Lipinski definition) is 7. The zero-order valence-corrected chi connectivity index (χ0v) is 19.9. The third-order valence-electron chi connectivity index (χ3n) is 7.29. The van der Waals surface area contributed by atoms with Crippen molar-refractivity contribution in [3.05, 3.63) is 66.1 Å². The number of benzene rings is 1. The van der Waals surface area contributed by atoms with E-state index in [0.29, 0.717) is 42.6 Å². The van der Waals surface area contributed by atoms with Gasteiger partial charge in [-0.15, -0.1) is 0 Å². The predicted molar refractivity (Wildman–Crippen MR) is 134 cm³/mol.